The summed E-state index contributed by atoms with van der Waals surface area (Å²) in [4.78, 5) is 4.29. The molecule has 1 N–H and O–H groups in total. The zero-order chi connectivity index (χ0) is 12.6. The average molecular weight is 282 g/mol. The molecule has 0 amide bonds. The van der Waals surface area contributed by atoms with Crippen molar-refractivity contribution in [2.45, 2.75) is 18.1 Å². The number of hydrogen-bond donors (Lipinski definition) is 1. The van der Waals surface area contributed by atoms with E-state index in [0.29, 0.717) is 12.3 Å². The molecular formula is C12H14N2O2S2. The first-order chi connectivity index (χ1) is 8.67. The second-order valence-corrected chi connectivity index (χ2v) is 7.85. The molecule has 2 aromatic heterocycles. The van der Waals surface area contributed by atoms with Crippen LogP contribution in [0.1, 0.15) is 12.8 Å². The molecular weight excluding hydrogens is 268 g/mol. The molecule has 1 aliphatic rings. The fourth-order valence-corrected chi connectivity index (χ4v) is 4.88. The number of thiophene rings is 1. The molecule has 3 heterocycles. The first-order valence-corrected chi connectivity index (χ1v) is 8.54. The number of hydrogen-bond acceptors (Lipinski definition) is 5. The summed E-state index contributed by atoms with van der Waals surface area (Å²) in [7, 11) is -2.88. The standard InChI is InChI=1S/C12H14N2O2S2/c15-18(16)7-1-2-9(18)8-14-12-10-4-6-17-11(10)3-5-13-12/h3-6,9H,1-2,7-8H2,(H,13,14). The highest BCUT2D eigenvalue weighted by atomic mass is 32.2. The normalized spacial score (nSPS) is 22.3. The van der Waals surface area contributed by atoms with Crippen molar-refractivity contribution < 1.29 is 8.42 Å². The molecule has 4 nitrogen and oxygen atoms in total. The smallest absolute Gasteiger partial charge is 0.154 e. The van der Waals surface area contributed by atoms with E-state index in [0.717, 1.165) is 24.0 Å². The third-order valence-electron chi connectivity index (χ3n) is 3.34. The molecule has 0 aliphatic carbocycles. The quantitative estimate of drug-likeness (QED) is 0.938. The van der Waals surface area contributed by atoms with E-state index in [-0.39, 0.29) is 5.25 Å². The highest BCUT2D eigenvalue weighted by Crippen LogP contribution is 2.27. The van der Waals surface area contributed by atoms with Crippen molar-refractivity contribution in [1.29, 1.82) is 0 Å². The van der Waals surface area contributed by atoms with Crippen molar-refractivity contribution in [2.75, 3.05) is 17.6 Å². The van der Waals surface area contributed by atoms with Crippen molar-refractivity contribution in [3.05, 3.63) is 23.7 Å². The Kier molecular flexibility index (Phi) is 2.99. The number of nitrogens with one attached hydrogen (secondary N) is 1. The lowest BCUT2D eigenvalue weighted by molar-refractivity contribution is 0.591. The van der Waals surface area contributed by atoms with Crippen LogP contribution in [-0.2, 0) is 9.84 Å². The molecule has 1 fully saturated rings. The van der Waals surface area contributed by atoms with E-state index in [2.05, 4.69) is 10.3 Å². The Morgan fingerprint density at radius 3 is 3.11 bits per heavy atom. The van der Waals surface area contributed by atoms with Gasteiger partial charge in [0.1, 0.15) is 5.82 Å². The molecule has 6 heteroatoms. The van der Waals surface area contributed by atoms with Crippen LogP contribution in [0.4, 0.5) is 5.82 Å². The van der Waals surface area contributed by atoms with Crippen molar-refractivity contribution >= 4 is 37.1 Å². The van der Waals surface area contributed by atoms with Gasteiger partial charge in [-0.25, -0.2) is 13.4 Å². The van der Waals surface area contributed by atoms with E-state index in [4.69, 9.17) is 0 Å². The fraction of sp³-hybridized carbons (Fsp3) is 0.417. The summed E-state index contributed by atoms with van der Waals surface area (Å²) in [5, 5.41) is 6.02. The van der Waals surface area contributed by atoms with Crippen LogP contribution < -0.4 is 5.32 Å². The van der Waals surface area contributed by atoms with E-state index < -0.39 is 9.84 Å². The van der Waals surface area contributed by atoms with Crippen LogP contribution in [0.5, 0.6) is 0 Å². The SMILES string of the molecule is O=S1(=O)CCCC1CNc1nccc2sccc12. The lowest BCUT2D eigenvalue weighted by Gasteiger charge is -2.11. The molecule has 0 bridgehead atoms. The Morgan fingerprint density at radius 1 is 1.44 bits per heavy atom. The number of rotatable bonds is 3. The Morgan fingerprint density at radius 2 is 2.33 bits per heavy atom. The van der Waals surface area contributed by atoms with Crippen molar-refractivity contribution in [2.24, 2.45) is 0 Å². The fourth-order valence-electron chi connectivity index (χ4n) is 2.33. The number of pyridine rings is 1. The van der Waals surface area contributed by atoms with Crippen molar-refractivity contribution in [3.63, 3.8) is 0 Å². The molecule has 1 atom stereocenters. The lowest BCUT2D eigenvalue weighted by Crippen LogP contribution is -2.25. The molecule has 0 spiro atoms. The monoisotopic (exact) mass is 282 g/mol. The van der Waals surface area contributed by atoms with Crippen LogP contribution >= 0.6 is 11.3 Å². The number of aromatic nitrogens is 1. The van der Waals surface area contributed by atoms with E-state index in [1.807, 2.05) is 17.5 Å². The highest BCUT2D eigenvalue weighted by Gasteiger charge is 2.30. The van der Waals surface area contributed by atoms with Gasteiger partial charge in [-0.3, -0.25) is 0 Å². The second kappa shape index (κ2) is 4.51. The summed E-state index contributed by atoms with van der Waals surface area (Å²) in [5.74, 6) is 1.12. The first kappa shape index (κ1) is 11.9. The Balaban J connectivity index is 1.79. The third kappa shape index (κ3) is 2.10. The minimum atomic E-state index is -2.88. The predicted octanol–water partition coefficient (Wildman–Crippen LogP) is 2.29. The summed E-state index contributed by atoms with van der Waals surface area (Å²) < 4.78 is 24.6. The van der Waals surface area contributed by atoms with Gasteiger partial charge in [0.15, 0.2) is 9.84 Å². The first-order valence-electron chi connectivity index (χ1n) is 5.94. The summed E-state index contributed by atoms with van der Waals surface area (Å²) in [6, 6.07) is 3.98. The van der Waals surface area contributed by atoms with Gasteiger partial charge < -0.3 is 5.32 Å². The molecule has 0 radical (unpaired) electrons. The van der Waals surface area contributed by atoms with Crippen LogP contribution in [0.25, 0.3) is 10.1 Å². The average Bonchev–Trinajstić information content (AvgIpc) is 2.92. The maximum Gasteiger partial charge on any atom is 0.154 e. The largest absolute Gasteiger partial charge is 0.368 e. The Hall–Kier alpha value is -1.14. The van der Waals surface area contributed by atoms with Gasteiger partial charge in [0.05, 0.1) is 11.0 Å². The summed E-state index contributed by atoms with van der Waals surface area (Å²) in [6.07, 6.45) is 3.30. The summed E-state index contributed by atoms with van der Waals surface area (Å²) >= 11 is 1.66. The van der Waals surface area contributed by atoms with Gasteiger partial charge in [0, 0.05) is 22.8 Å². The van der Waals surface area contributed by atoms with Crippen LogP contribution in [-0.4, -0.2) is 30.9 Å². The minimum absolute atomic E-state index is 0.256. The summed E-state index contributed by atoms with van der Waals surface area (Å²) in [5.41, 5.74) is 0. The van der Waals surface area contributed by atoms with Gasteiger partial charge in [-0.15, -0.1) is 11.3 Å². The lowest BCUT2D eigenvalue weighted by atomic mass is 10.2. The van der Waals surface area contributed by atoms with Crippen LogP contribution in [0.15, 0.2) is 23.7 Å². The van der Waals surface area contributed by atoms with Crippen LogP contribution in [0, 0.1) is 0 Å². The molecule has 3 rings (SSSR count). The van der Waals surface area contributed by atoms with Gasteiger partial charge in [0.2, 0.25) is 0 Å². The number of nitrogens with zero attached hydrogens (tertiary/aromatic N) is 1. The number of sulfone groups is 1. The second-order valence-electron chi connectivity index (χ2n) is 4.50. The molecule has 1 aliphatic heterocycles. The molecule has 1 saturated heterocycles. The maximum absolute atomic E-state index is 11.7. The highest BCUT2D eigenvalue weighted by molar-refractivity contribution is 7.92. The maximum atomic E-state index is 11.7. The van der Waals surface area contributed by atoms with Gasteiger partial charge in [-0.05, 0) is 30.4 Å². The van der Waals surface area contributed by atoms with Gasteiger partial charge >= 0.3 is 0 Å². The Labute approximate surface area is 110 Å². The zero-order valence-corrected chi connectivity index (χ0v) is 11.4. The number of fused-ring (bicyclic) bond motifs is 1. The van der Waals surface area contributed by atoms with E-state index in [1.54, 1.807) is 17.5 Å². The predicted molar refractivity (Wildman–Crippen MR) is 74.9 cm³/mol. The van der Waals surface area contributed by atoms with E-state index in [1.165, 1.54) is 4.70 Å². The molecule has 0 saturated carbocycles. The summed E-state index contributed by atoms with van der Waals surface area (Å²) in [6.45, 7) is 0.463. The third-order valence-corrected chi connectivity index (χ3v) is 6.50. The molecule has 1 unspecified atom stereocenters. The van der Waals surface area contributed by atoms with Gasteiger partial charge in [-0.2, -0.15) is 0 Å². The van der Waals surface area contributed by atoms with Crippen molar-refractivity contribution in [3.8, 4) is 0 Å². The molecule has 18 heavy (non-hydrogen) atoms. The van der Waals surface area contributed by atoms with E-state index >= 15 is 0 Å². The van der Waals surface area contributed by atoms with E-state index in [9.17, 15) is 8.42 Å². The minimum Gasteiger partial charge on any atom is -0.368 e. The van der Waals surface area contributed by atoms with Gasteiger partial charge in [0.25, 0.3) is 0 Å². The molecule has 0 aromatic carbocycles. The van der Waals surface area contributed by atoms with Crippen molar-refractivity contribution in [1.82, 2.24) is 4.98 Å². The number of anilines is 1. The Bertz CT molecular complexity index is 664. The topological polar surface area (TPSA) is 59.1 Å². The van der Waals surface area contributed by atoms with Crippen LogP contribution in [0.2, 0.25) is 0 Å². The van der Waals surface area contributed by atoms with Crippen LogP contribution in [0.3, 0.4) is 0 Å². The van der Waals surface area contributed by atoms with Gasteiger partial charge in [-0.1, -0.05) is 0 Å². The molecule has 96 valence electrons. The molecule has 2 aromatic rings. The zero-order valence-electron chi connectivity index (χ0n) is 9.80.